The number of halogens is 1. The molecule has 3 atom stereocenters. The van der Waals surface area contributed by atoms with Gasteiger partial charge in [0.1, 0.15) is 0 Å². The molecule has 2 aliphatic rings. The summed E-state index contributed by atoms with van der Waals surface area (Å²) in [6.07, 6.45) is 2.24. The van der Waals surface area contributed by atoms with Gasteiger partial charge in [0.05, 0.1) is 5.92 Å². The van der Waals surface area contributed by atoms with Gasteiger partial charge >= 0.3 is 5.97 Å². The van der Waals surface area contributed by atoms with Crippen LogP contribution in [0.25, 0.3) is 0 Å². The summed E-state index contributed by atoms with van der Waals surface area (Å²) in [4.78, 5) is 23.9. The molecule has 3 rings (SSSR count). The van der Waals surface area contributed by atoms with E-state index in [0.717, 1.165) is 24.8 Å². The Labute approximate surface area is 146 Å². The number of ether oxygens (including phenoxy) is 1. The molecule has 6 heteroatoms. The molecule has 1 heterocycles. The van der Waals surface area contributed by atoms with Gasteiger partial charge in [-0.25, -0.2) is 0 Å². The third-order valence-electron chi connectivity index (χ3n) is 5.08. The van der Waals surface area contributed by atoms with Crippen LogP contribution in [0.4, 0.5) is 0 Å². The van der Waals surface area contributed by atoms with Crippen molar-refractivity contribution in [3.8, 4) is 0 Å². The van der Waals surface area contributed by atoms with Gasteiger partial charge in [-0.15, -0.1) is 0 Å². The molecule has 130 valence electrons. The van der Waals surface area contributed by atoms with E-state index < -0.39 is 11.9 Å². The summed E-state index contributed by atoms with van der Waals surface area (Å²) in [5.74, 6) is -1.36. The highest BCUT2D eigenvalue weighted by Crippen LogP contribution is 2.49. The second-order valence-electron chi connectivity index (χ2n) is 6.61. The first kappa shape index (κ1) is 17.2. The van der Waals surface area contributed by atoms with Gasteiger partial charge in [-0.2, -0.15) is 0 Å². The van der Waals surface area contributed by atoms with Crippen LogP contribution in [0, 0.1) is 17.8 Å². The fraction of sp³-hybridized carbons (Fsp3) is 0.556. The highest BCUT2D eigenvalue weighted by atomic mass is 35.5. The van der Waals surface area contributed by atoms with Crippen LogP contribution in [-0.2, 0) is 14.3 Å². The maximum Gasteiger partial charge on any atom is 0.308 e. The average molecular weight is 352 g/mol. The van der Waals surface area contributed by atoms with Crippen molar-refractivity contribution in [3.63, 3.8) is 0 Å². The van der Waals surface area contributed by atoms with Gasteiger partial charge in [-0.1, -0.05) is 29.8 Å². The number of hydrogen-bond donors (Lipinski definition) is 2. The van der Waals surface area contributed by atoms with E-state index in [0.29, 0.717) is 18.2 Å². The molecule has 2 fully saturated rings. The molecule has 24 heavy (non-hydrogen) atoms. The first-order chi connectivity index (χ1) is 11.6. The Hall–Kier alpha value is -1.59. The first-order valence-corrected chi connectivity index (χ1v) is 8.78. The Balaban J connectivity index is 1.53. The Morgan fingerprint density at radius 1 is 1.29 bits per heavy atom. The van der Waals surface area contributed by atoms with E-state index in [1.165, 1.54) is 0 Å². The largest absolute Gasteiger partial charge is 0.481 e. The second kappa shape index (κ2) is 7.53. The minimum absolute atomic E-state index is 0.0649. The van der Waals surface area contributed by atoms with Crippen LogP contribution >= 0.6 is 11.6 Å². The lowest BCUT2D eigenvalue weighted by atomic mass is 9.86. The van der Waals surface area contributed by atoms with Gasteiger partial charge in [0, 0.05) is 30.7 Å². The standard InChI is InChI=1S/C18H22ClNO4/c19-16-4-2-1-3-12(16)13-9-14(13)17(21)20-10-15(18(22)23)11-5-7-24-8-6-11/h1-4,11,13-15H,5-10H2,(H,20,21)(H,22,23). The summed E-state index contributed by atoms with van der Waals surface area (Å²) >= 11 is 6.18. The molecule has 0 radical (unpaired) electrons. The van der Waals surface area contributed by atoms with Crippen LogP contribution in [0.3, 0.4) is 0 Å². The quantitative estimate of drug-likeness (QED) is 0.826. The van der Waals surface area contributed by atoms with Crippen LogP contribution < -0.4 is 5.32 Å². The summed E-state index contributed by atoms with van der Waals surface area (Å²) < 4.78 is 5.28. The molecular weight excluding hydrogens is 330 g/mol. The third kappa shape index (κ3) is 3.90. The molecule has 0 bridgehead atoms. The normalized spacial score (nSPS) is 25.0. The van der Waals surface area contributed by atoms with E-state index >= 15 is 0 Å². The van der Waals surface area contributed by atoms with E-state index in [9.17, 15) is 14.7 Å². The lowest BCUT2D eigenvalue weighted by molar-refractivity contribution is -0.145. The molecule has 1 amide bonds. The first-order valence-electron chi connectivity index (χ1n) is 8.40. The zero-order valence-electron chi connectivity index (χ0n) is 13.4. The minimum atomic E-state index is -0.847. The predicted octanol–water partition coefficient (Wildman–Crippen LogP) is 2.69. The number of carbonyl (C=O) groups is 2. The maximum atomic E-state index is 12.3. The van der Waals surface area contributed by atoms with Crippen LogP contribution in [0.15, 0.2) is 24.3 Å². The van der Waals surface area contributed by atoms with E-state index in [1.807, 2.05) is 24.3 Å². The van der Waals surface area contributed by atoms with Crippen molar-refractivity contribution in [1.82, 2.24) is 5.32 Å². The zero-order chi connectivity index (χ0) is 17.1. The number of hydrogen-bond acceptors (Lipinski definition) is 3. The van der Waals surface area contributed by atoms with Gasteiger partial charge in [-0.05, 0) is 42.7 Å². The number of nitrogens with one attached hydrogen (secondary N) is 1. The number of carboxylic acid groups (broad SMARTS) is 1. The number of carbonyl (C=O) groups excluding carboxylic acids is 1. The fourth-order valence-electron chi connectivity index (χ4n) is 3.52. The number of benzene rings is 1. The van der Waals surface area contributed by atoms with E-state index in [4.69, 9.17) is 16.3 Å². The Morgan fingerprint density at radius 2 is 2.00 bits per heavy atom. The summed E-state index contributed by atoms with van der Waals surface area (Å²) in [7, 11) is 0. The molecule has 1 aromatic carbocycles. The monoisotopic (exact) mass is 351 g/mol. The molecule has 3 unspecified atom stereocenters. The number of amides is 1. The van der Waals surface area contributed by atoms with Crippen LogP contribution in [0.5, 0.6) is 0 Å². The van der Waals surface area contributed by atoms with E-state index in [1.54, 1.807) is 0 Å². The molecule has 1 saturated heterocycles. The summed E-state index contributed by atoms with van der Waals surface area (Å²) in [5, 5.41) is 13.0. The van der Waals surface area contributed by atoms with Gasteiger partial charge < -0.3 is 15.2 Å². The summed E-state index contributed by atoms with van der Waals surface area (Å²) in [6, 6.07) is 7.56. The molecule has 1 aliphatic heterocycles. The fourth-order valence-corrected chi connectivity index (χ4v) is 3.80. The van der Waals surface area contributed by atoms with Crippen LogP contribution in [0.1, 0.15) is 30.7 Å². The second-order valence-corrected chi connectivity index (χ2v) is 7.02. The van der Waals surface area contributed by atoms with Crippen LogP contribution in [0.2, 0.25) is 5.02 Å². The van der Waals surface area contributed by atoms with Crippen molar-refractivity contribution in [2.24, 2.45) is 17.8 Å². The number of rotatable bonds is 6. The third-order valence-corrected chi connectivity index (χ3v) is 5.42. The molecule has 1 aliphatic carbocycles. The Morgan fingerprint density at radius 3 is 2.67 bits per heavy atom. The highest BCUT2D eigenvalue weighted by molar-refractivity contribution is 6.31. The molecule has 5 nitrogen and oxygen atoms in total. The predicted molar refractivity (Wildman–Crippen MR) is 90.0 cm³/mol. The number of aliphatic carboxylic acids is 1. The molecule has 1 aromatic rings. The zero-order valence-corrected chi connectivity index (χ0v) is 14.2. The SMILES string of the molecule is O=C(O)C(CNC(=O)C1CC1c1ccccc1Cl)C1CCOCC1. The van der Waals surface area contributed by atoms with Crippen molar-refractivity contribution in [3.05, 3.63) is 34.9 Å². The summed E-state index contributed by atoms with van der Waals surface area (Å²) in [5.41, 5.74) is 0.999. The van der Waals surface area contributed by atoms with Gasteiger partial charge in [-0.3, -0.25) is 9.59 Å². The lowest BCUT2D eigenvalue weighted by Crippen LogP contribution is -2.39. The van der Waals surface area contributed by atoms with Crippen LogP contribution in [-0.4, -0.2) is 36.7 Å². The van der Waals surface area contributed by atoms with E-state index in [2.05, 4.69) is 5.32 Å². The van der Waals surface area contributed by atoms with Gasteiger partial charge in [0.2, 0.25) is 5.91 Å². The number of carboxylic acids is 1. The highest BCUT2D eigenvalue weighted by Gasteiger charge is 2.45. The molecule has 0 spiro atoms. The lowest BCUT2D eigenvalue weighted by Gasteiger charge is -2.27. The van der Waals surface area contributed by atoms with Crippen molar-refractivity contribution in [1.29, 1.82) is 0 Å². The average Bonchev–Trinajstić information content (AvgIpc) is 3.36. The van der Waals surface area contributed by atoms with Crippen molar-refractivity contribution in [2.75, 3.05) is 19.8 Å². The van der Waals surface area contributed by atoms with Gasteiger partial charge in [0.25, 0.3) is 0 Å². The van der Waals surface area contributed by atoms with Crippen molar-refractivity contribution >= 4 is 23.5 Å². The summed E-state index contributed by atoms with van der Waals surface area (Å²) in [6.45, 7) is 1.38. The van der Waals surface area contributed by atoms with Crippen molar-refractivity contribution in [2.45, 2.75) is 25.2 Å². The molecule has 2 N–H and O–H groups in total. The van der Waals surface area contributed by atoms with Crippen molar-refractivity contribution < 1.29 is 19.4 Å². The molecular formula is C18H22ClNO4. The Bertz CT molecular complexity index is 615. The van der Waals surface area contributed by atoms with E-state index in [-0.39, 0.29) is 30.2 Å². The topological polar surface area (TPSA) is 75.6 Å². The molecule has 1 saturated carbocycles. The maximum absolute atomic E-state index is 12.3. The molecule has 0 aromatic heterocycles. The minimum Gasteiger partial charge on any atom is -0.481 e. The van der Waals surface area contributed by atoms with Gasteiger partial charge in [0.15, 0.2) is 0 Å². The smallest absolute Gasteiger partial charge is 0.308 e. The Kier molecular flexibility index (Phi) is 5.41.